The summed E-state index contributed by atoms with van der Waals surface area (Å²) in [7, 11) is 0. The number of benzene rings is 3. The first-order valence-electron chi connectivity index (χ1n) is 24.4. The highest BCUT2D eigenvalue weighted by atomic mass is 32.2. The minimum Gasteiger partial charge on any atom is -0.293 e. The maximum absolute atomic E-state index is 13.2. The number of carbonyl (C=O) groups is 2. The van der Waals surface area contributed by atoms with E-state index < -0.39 is 0 Å². The molecular weight excluding hydrogens is 945 g/mol. The van der Waals surface area contributed by atoms with Gasteiger partial charge in [0.15, 0.2) is 0 Å². The smallest absolute Gasteiger partial charge is 0.291 e. The fourth-order valence-electron chi connectivity index (χ4n) is 10.6. The lowest BCUT2D eigenvalue weighted by Gasteiger charge is -2.34. The van der Waals surface area contributed by atoms with Crippen molar-refractivity contribution in [3.63, 3.8) is 0 Å². The number of likely N-dealkylation sites (N-methyl/N-ethyl adjacent to an activating group) is 2. The molecule has 67 heavy (non-hydrogen) atoms. The molecule has 8 nitrogen and oxygen atoms in total. The Bertz CT molecular complexity index is 2700. The molecule has 14 heteroatoms. The molecule has 2 atom stereocenters. The van der Waals surface area contributed by atoms with Gasteiger partial charge in [0.05, 0.1) is 33.6 Å². The molecular formula is C53H60N6O2S6. The van der Waals surface area contributed by atoms with Crippen LogP contribution in [-0.4, -0.2) is 64.2 Å². The Kier molecular flexibility index (Phi) is 15.7. The maximum Gasteiger partial charge on any atom is 0.291 e. The minimum absolute atomic E-state index is 0.000762. The molecule has 2 amide bonds. The Balaban J connectivity index is 1.12. The number of thiocarbonyl (C=S) groups is 2. The molecule has 3 aromatic carbocycles. The van der Waals surface area contributed by atoms with E-state index in [-0.39, 0.29) is 28.6 Å². The van der Waals surface area contributed by atoms with Crippen LogP contribution in [0.1, 0.15) is 140 Å². The minimum atomic E-state index is -0.150. The normalized spacial score (nSPS) is 21.0. The van der Waals surface area contributed by atoms with Gasteiger partial charge in [-0.15, -0.1) is 0 Å². The molecule has 4 aromatic rings. The zero-order valence-electron chi connectivity index (χ0n) is 39.0. The first kappa shape index (κ1) is 48.5. The van der Waals surface area contributed by atoms with Crippen LogP contribution in [0.5, 0.6) is 0 Å². The average Bonchev–Trinajstić information content (AvgIpc) is 4.17. The van der Waals surface area contributed by atoms with Crippen LogP contribution >= 0.6 is 71.8 Å². The van der Waals surface area contributed by atoms with E-state index in [2.05, 4.69) is 84.0 Å². The van der Waals surface area contributed by atoms with E-state index >= 15 is 0 Å². The fraction of sp³-hybridized carbons (Fsp3) is 0.434. The molecule has 1 aromatic heterocycles. The van der Waals surface area contributed by atoms with E-state index in [4.69, 9.17) is 33.2 Å². The van der Waals surface area contributed by atoms with Crippen molar-refractivity contribution in [1.82, 2.24) is 28.0 Å². The van der Waals surface area contributed by atoms with E-state index in [9.17, 15) is 9.59 Å². The van der Waals surface area contributed by atoms with E-state index in [1.165, 1.54) is 158 Å². The predicted octanol–water partition coefficient (Wildman–Crippen LogP) is 14.6. The summed E-state index contributed by atoms with van der Waals surface area (Å²) in [5.74, 6) is -0.00925. The van der Waals surface area contributed by atoms with Crippen molar-refractivity contribution in [3.05, 3.63) is 104 Å². The molecule has 9 rings (SSSR count). The number of carbonyl (C=O) groups excluding carboxylic acids is 2. The van der Waals surface area contributed by atoms with Crippen LogP contribution in [0.2, 0.25) is 0 Å². The summed E-state index contributed by atoms with van der Waals surface area (Å²) in [6.45, 7) is 9.64. The van der Waals surface area contributed by atoms with E-state index in [0.717, 1.165) is 51.0 Å². The van der Waals surface area contributed by atoms with Crippen LogP contribution in [0.4, 0.5) is 4.79 Å². The van der Waals surface area contributed by atoms with Crippen LogP contribution in [0.15, 0.2) is 82.1 Å². The zero-order chi connectivity index (χ0) is 46.7. The summed E-state index contributed by atoms with van der Waals surface area (Å²) < 4.78 is 17.7. The van der Waals surface area contributed by atoms with Crippen molar-refractivity contribution in [2.75, 3.05) is 13.1 Å². The third-order valence-corrected chi connectivity index (χ3v) is 18.3. The summed E-state index contributed by atoms with van der Waals surface area (Å²) in [5.41, 5.74) is 13.9. The molecule has 2 aliphatic carbocycles. The summed E-state index contributed by atoms with van der Waals surface area (Å²) in [5, 5.41) is -0.0310. The van der Waals surface area contributed by atoms with E-state index in [1.54, 1.807) is 9.80 Å². The lowest BCUT2D eigenvalue weighted by Crippen LogP contribution is -2.37. The molecule has 3 fully saturated rings. The number of fused-ring (bicyclic) bond motifs is 5. The highest BCUT2D eigenvalue weighted by Gasteiger charge is 2.44. The van der Waals surface area contributed by atoms with Gasteiger partial charge >= 0.3 is 0 Å². The van der Waals surface area contributed by atoms with Crippen molar-refractivity contribution in [2.24, 2.45) is 0 Å². The lowest BCUT2D eigenvalue weighted by molar-refractivity contribution is -0.122. The van der Waals surface area contributed by atoms with Crippen molar-refractivity contribution < 1.29 is 9.59 Å². The molecule has 3 saturated heterocycles. The van der Waals surface area contributed by atoms with Crippen molar-refractivity contribution in [2.45, 2.75) is 135 Å². The number of hydrogen-bond acceptors (Lipinski definition) is 12. The monoisotopic (exact) mass is 1000 g/mol. The Morgan fingerprint density at radius 1 is 0.657 bits per heavy atom. The van der Waals surface area contributed by atoms with Crippen LogP contribution in [-0.2, 0) is 10.2 Å². The summed E-state index contributed by atoms with van der Waals surface area (Å²) in [6.07, 6.45) is 25.8. The van der Waals surface area contributed by atoms with Crippen LogP contribution in [0.25, 0.3) is 44.9 Å². The lowest BCUT2D eigenvalue weighted by atomic mass is 9.69. The Labute approximate surface area is 424 Å². The van der Waals surface area contributed by atoms with Gasteiger partial charge in [-0.2, -0.15) is 8.75 Å². The SMILES string of the molecule is CCCCCCCCC1(CCCCCCCC)c2cc(C3=CC=C(/C=C4\SC(=S)N(CC)C4=O)C4NSNC34)ccc2-c2ccc(-c3ccc(/C=C4\SC(=O)N(CC)C4=S)c4nsnc34)cc21. The van der Waals surface area contributed by atoms with E-state index in [1.807, 2.05) is 26.0 Å². The van der Waals surface area contributed by atoms with Gasteiger partial charge in [-0.3, -0.25) is 19.4 Å². The molecule has 2 unspecified atom stereocenters. The standard InChI is InChI=1S/C53H60N6O2S6/c1-5-9-11-13-15-17-27-53(28-18-16-14-12-10-6-2)41-29-33(37-23-21-35(45-47(37)56-66-54-45)31-43-49(60)58(7-3)52(63)65-43)19-25-39(41)40-26-20-34(30-42(40)53)38-24-22-36(46-48(38)57-67-55-46)32-44-50(62)59(8-4)51(61)64-44/h19-26,29-32,45,47,54,56H,5-18,27-28H2,1-4H3/b43-31-,44-32-. The molecule has 0 spiro atoms. The third kappa shape index (κ3) is 9.59. The van der Waals surface area contributed by atoms with Gasteiger partial charge < -0.3 is 0 Å². The third-order valence-electron chi connectivity index (χ3n) is 14.2. The first-order valence-corrected chi connectivity index (χ1v) is 28.4. The fourth-order valence-corrected chi connectivity index (χ4v) is 14.8. The number of hydrogen-bond donors (Lipinski definition) is 2. The number of amides is 2. The second-order valence-electron chi connectivity index (χ2n) is 18.2. The quantitative estimate of drug-likeness (QED) is 0.0384. The molecule has 350 valence electrons. The second kappa shape index (κ2) is 21.7. The van der Waals surface area contributed by atoms with Crippen LogP contribution < -0.4 is 9.44 Å². The topological polar surface area (TPSA) is 90.5 Å². The van der Waals surface area contributed by atoms with E-state index in [0.29, 0.717) is 27.3 Å². The molecule has 4 heterocycles. The van der Waals surface area contributed by atoms with Gasteiger partial charge in [-0.05, 0) is 107 Å². The van der Waals surface area contributed by atoms with Crippen molar-refractivity contribution in [3.8, 4) is 22.3 Å². The van der Waals surface area contributed by atoms with Crippen molar-refractivity contribution in [1.29, 1.82) is 0 Å². The van der Waals surface area contributed by atoms with Gasteiger partial charge in [0.1, 0.15) is 20.3 Å². The molecule has 2 N–H and O–H groups in total. The molecule has 0 saturated carbocycles. The summed E-state index contributed by atoms with van der Waals surface area (Å²) in [4.78, 5) is 31.3. The number of nitrogens with zero attached hydrogens (tertiary/aromatic N) is 4. The van der Waals surface area contributed by atoms with Gasteiger partial charge in [0.2, 0.25) is 0 Å². The van der Waals surface area contributed by atoms with Gasteiger partial charge in [-0.1, -0.05) is 176 Å². The molecule has 0 radical (unpaired) electrons. The average molecular weight is 1010 g/mol. The van der Waals surface area contributed by atoms with Crippen LogP contribution in [0.3, 0.4) is 0 Å². The zero-order valence-corrected chi connectivity index (χ0v) is 43.9. The predicted molar refractivity (Wildman–Crippen MR) is 294 cm³/mol. The Morgan fingerprint density at radius 2 is 1.27 bits per heavy atom. The highest BCUT2D eigenvalue weighted by Crippen LogP contribution is 2.56. The van der Waals surface area contributed by atoms with Crippen molar-refractivity contribution >= 4 is 115 Å². The number of nitrogens with one attached hydrogen (secondary N) is 2. The second-order valence-corrected chi connectivity index (χ2v) is 22.5. The highest BCUT2D eigenvalue weighted by molar-refractivity contribution is 8.26. The number of aromatic nitrogens is 2. The summed E-state index contributed by atoms with van der Waals surface area (Å²) in [6, 6.07) is 18.8. The maximum atomic E-state index is 13.2. The number of thioether (sulfide) groups is 2. The van der Waals surface area contributed by atoms with Gasteiger partial charge in [0.25, 0.3) is 11.1 Å². The Morgan fingerprint density at radius 3 is 1.93 bits per heavy atom. The first-order chi connectivity index (χ1) is 32.7. The Hall–Kier alpha value is -3.47. The van der Waals surface area contributed by atoms with Gasteiger partial charge in [-0.25, -0.2) is 9.44 Å². The number of unbranched alkanes of at least 4 members (excludes halogenated alkanes) is 10. The van der Waals surface area contributed by atoms with Crippen LogP contribution in [0, 0.1) is 0 Å². The van der Waals surface area contributed by atoms with Gasteiger partial charge in [0, 0.05) is 41.8 Å². The number of rotatable bonds is 20. The number of allylic oxidation sites excluding steroid dienone is 2. The summed E-state index contributed by atoms with van der Waals surface area (Å²) >= 11 is 16.6. The molecule has 5 aliphatic rings. The molecule has 0 bridgehead atoms. The molecule has 3 aliphatic heterocycles. The largest absolute Gasteiger partial charge is 0.293 e.